The van der Waals surface area contributed by atoms with Gasteiger partial charge in [0, 0.05) is 37.6 Å². The molecule has 2 unspecified atom stereocenters. The summed E-state index contributed by atoms with van der Waals surface area (Å²) in [6, 6.07) is 10.6. The van der Waals surface area contributed by atoms with E-state index in [9.17, 15) is 0 Å². The van der Waals surface area contributed by atoms with Crippen molar-refractivity contribution in [2.45, 2.75) is 43.7 Å². The van der Waals surface area contributed by atoms with Crippen LogP contribution in [0.3, 0.4) is 0 Å². The molecule has 1 aliphatic heterocycles. The summed E-state index contributed by atoms with van der Waals surface area (Å²) >= 11 is 0. The smallest absolute Gasteiger partial charge is 0.0207 e. The van der Waals surface area contributed by atoms with Gasteiger partial charge in [-0.05, 0) is 36.8 Å². The molecule has 2 atom stereocenters. The second-order valence-corrected chi connectivity index (χ2v) is 6.22. The zero-order valence-corrected chi connectivity index (χ0v) is 10.9. The van der Waals surface area contributed by atoms with Gasteiger partial charge in [-0.2, -0.15) is 0 Å². The normalized spacial score (nSPS) is 31.1. The summed E-state index contributed by atoms with van der Waals surface area (Å²) in [7, 11) is 0. The van der Waals surface area contributed by atoms with Crippen LogP contribution in [0.15, 0.2) is 24.3 Å². The fraction of sp³-hybridized carbons (Fsp3) is 0.625. The second kappa shape index (κ2) is 4.36. The fourth-order valence-electron chi connectivity index (χ4n) is 3.58. The molecule has 96 valence electrons. The molecule has 2 fully saturated rings. The van der Waals surface area contributed by atoms with Crippen molar-refractivity contribution in [1.29, 1.82) is 0 Å². The lowest BCUT2D eigenvalue weighted by Crippen LogP contribution is -2.38. The quantitative estimate of drug-likeness (QED) is 0.870. The molecule has 1 saturated heterocycles. The minimum atomic E-state index is 0.748. The lowest BCUT2D eigenvalue weighted by Gasteiger charge is -2.31. The van der Waals surface area contributed by atoms with Gasteiger partial charge in [-0.3, -0.25) is 4.90 Å². The van der Waals surface area contributed by atoms with Gasteiger partial charge in [0.1, 0.15) is 0 Å². The fourth-order valence-corrected chi connectivity index (χ4v) is 3.58. The molecule has 3 aliphatic rings. The van der Waals surface area contributed by atoms with Crippen molar-refractivity contribution in [3.05, 3.63) is 35.4 Å². The molecular weight excluding hydrogens is 220 g/mol. The Hall–Kier alpha value is -0.860. The van der Waals surface area contributed by atoms with Gasteiger partial charge in [-0.1, -0.05) is 24.3 Å². The van der Waals surface area contributed by atoms with Crippen molar-refractivity contribution < 1.29 is 0 Å². The Morgan fingerprint density at radius 1 is 1.17 bits per heavy atom. The number of fused-ring (bicyclic) bond motifs is 1. The van der Waals surface area contributed by atoms with E-state index in [-0.39, 0.29) is 0 Å². The van der Waals surface area contributed by atoms with E-state index in [1.165, 1.54) is 45.3 Å². The van der Waals surface area contributed by atoms with E-state index in [0.717, 1.165) is 18.0 Å². The molecule has 1 heterocycles. The Bertz CT molecular complexity index is 438. The van der Waals surface area contributed by atoms with Gasteiger partial charge in [0.2, 0.25) is 0 Å². The Balaban J connectivity index is 1.28. The van der Waals surface area contributed by atoms with Gasteiger partial charge >= 0.3 is 0 Å². The molecule has 0 radical (unpaired) electrons. The van der Waals surface area contributed by atoms with Crippen LogP contribution in [0.2, 0.25) is 0 Å². The van der Waals surface area contributed by atoms with Gasteiger partial charge in [-0.15, -0.1) is 0 Å². The molecule has 2 nitrogen and oxygen atoms in total. The Labute approximate surface area is 109 Å². The van der Waals surface area contributed by atoms with Crippen LogP contribution in [0.4, 0.5) is 0 Å². The minimum Gasteiger partial charge on any atom is -0.312 e. The monoisotopic (exact) mass is 242 g/mol. The highest BCUT2D eigenvalue weighted by Gasteiger charge is 2.34. The van der Waals surface area contributed by atoms with E-state index >= 15 is 0 Å². The summed E-state index contributed by atoms with van der Waals surface area (Å²) < 4.78 is 0. The van der Waals surface area contributed by atoms with Crippen molar-refractivity contribution in [2.75, 3.05) is 19.6 Å². The summed E-state index contributed by atoms with van der Waals surface area (Å²) in [5.74, 6) is 0.774. The minimum absolute atomic E-state index is 0.748. The third-order valence-corrected chi connectivity index (χ3v) is 4.90. The molecule has 2 aliphatic carbocycles. The van der Waals surface area contributed by atoms with Crippen molar-refractivity contribution in [1.82, 2.24) is 10.2 Å². The van der Waals surface area contributed by atoms with E-state index in [1.54, 1.807) is 11.1 Å². The summed E-state index contributed by atoms with van der Waals surface area (Å²) in [5.41, 5.74) is 3.15. The topological polar surface area (TPSA) is 15.3 Å². The lowest BCUT2D eigenvalue weighted by molar-refractivity contribution is 0.316. The number of likely N-dealkylation sites (tertiary alicyclic amines) is 1. The summed E-state index contributed by atoms with van der Waals surface area (Å²) in [6.45, 7) is 3.79. The maximum absolute atomic E-state index is 3.80. The average molecular weight is 242 g/mol. The highest BCUT2D eigenvalue weighted by atomic mass is 15.2. The third kappa shape index (κ3) is 1.98. The number of hydrogen-bond donors (Lipinski definition) is 1. The number of hydrogen-bond acceptors (Lipinski definition) is 2. The van der Waals surface area contributed by atoms with Crippen LogP contribution >= 0.6 is 0 Å². The first-order chi connectivity index (χ1) is 8.90. The predicted octanol–water partition coefficient (Wildman–Crippen LogP) is 2.15. The lowest BCUT2D eigenvalue weighted by atomic mass is 9.77. The molecule has 0 amide bonds. The standard InChI is InChI=1S/C16H22N2/c1-2-4-16-12(3-1)9-13(16)10-17-14-7-8-18(11-14)15-5-6-15/h1-4,13-15,17H,5-11H2. The summed E-state index contributed by atoms with van der Waals surface area (Å²) in [4.78, 5) is 2.69. The Morgan fingerprint density at radius 2 is 2.06 bits per heavy atom. The summed E-state index contributed by atoms with van der Waals surface area (Å²) in [5, 5.41) is 3.80. The van der Waals surface area contributed by atoms with E-state index in [2.05, 4.69) is 34.5 Å². The van der Waals surface area contributed by atoms with Crippen LogP contribution in [0.1, 0.15) is 36.3 Å². The molecule has 4 rings (SSSR count). The third-order valence-electron chi connectivity index (χ3n) is 4.90. The Morgan fingerprint density at radius 3 is 2.89 bits per heavy atom. The van der Waals surface area contributed by atoms with Crippen LogP contribution in [-0.4, -0.2) is 36.6 Å². The maximum atomic E-state index is 3.80. The molecule has 0 spiro atoms. The van der Waals surface area contributed by atoms with Crippen LogP contribution in [-0.2, 0) is 6.42 Å². The largest absolute Gasteiger partial charge is 0.312 e. The van der Waals surface area contributed by atoms with Crippen molar-refractivity contribution in [3.63, 3.8) is 0 Å². The highest BCUT2D eigenvalue weighted by Crippen LogP contribution is 2.34. The Kier molecular flexibility index (Phi) is 2.66. The van der Waals surface area contributed by atoms with Gasteiger partial charge in [0.05, 0.1) is 0 Å². The van der Waals surface area contributed by atoms with Crippen LogP contribution < -0.4 is 5.32 Å². The predicted molar refractivity (Wildman–Crippen MR) is 73.9 cm³/mol. The summed E-state index contributed by atoms with van der Waals surface area (Å²) in [6.07, 6.45) is 5.53. The molecule has 18 heavy (non-hydrogen) atoms. The van der Waals surface area contributed by atoms with Gasteiger partial charge in [0.15, 0.2) is 0 Å². The molecule has 2 heteroatoms. The van der Waals surface area contributed by atoms with E-state index in [1.807, 2.05) is 0 Å². The highest BCUT2D eigenvalue weighted by molar-refractivity contribution is 5.40. The number of nitrogens with zero attached hydrogens (tertiary/aromatic N) is 1. The molecule has 1 aromatic carbocycles. The molecule has 1 aromatic rings. The molecule has 0 bridgehead atoms. The average Bonchev–Trinajstić information content (AvgIpc) is 3.11. The SMILES string of the molecule is c1ccc2c(c1)CC2CNC1CCN(C2CC2)C1. The van der Waals surface area contributed by atoms with Crippen molar-refractivity contribution in [3.8, 4) is 0 Å². The van der Waals surface area contributed by atoms with Gasteiger partial charge < -0.3 is 5.32 Å². The first kappa shape index (κ1) is 11.0. The molecule has 1 N–H and O–H groups in total. The van der Waals surface area contributed by atoms with E-state index in [4.69, 9.17) is 0 Å². The molecular formula is C16H22N2. The molecule has 1 saturated carbocycles. The van der Waals surface area contributed by atoms with Crippen molar-refractivity contribution in [2.24, 2.45) is 0 Å². The van der Waals surface area contributed by atoms with Crippen LogP contribution in [0.5, 0.6) is 0 Å². The first-order valence-corrected chi connectivity index (χ1v) is 7.45. The van der Waals surface area contributed by atoms with Gasteiger partial charge in [-0.25, -0.2) is 0 Å². The molecule has 0 aromatic heterocycles. The number of nitrogens with one attached hydrogen (secondary N) is 1. The zero-order valence-electron chi connectivity index (χ0n) is 10.9. The van der Waals surface area contributed by atoms with E-state index in [0.29, 0.717) is 0 Å². The van der Waals surface area contributed by atoms with Crippen LogP contribution in [0.25, 0.3) is 0 Å². The van der Waals surface area contributed by atoms with Crippen molar-refractivity contribution >= 4 is 0 Å². The number of rotatable bonds is 4. The zero-order chi connectivity index (χ0) is 11.9. The van der Waals surface area contributed by atoms with Gasteiger partial charge in [0.25, 0.3) is 0 Å². The van der Waals surface area contributed by atoms with E-state index < -0.39 is 0 Å². The first-order valence-electron chi connectivity index (χ1n) is 7.45. The van der Waals surface area contributed by atoms with Crippen LogP contribution in [0, 0.1) is 0 Å². The number of benzene rings is 1. The second-order valence-electron chi connectivity index (χ2n) is 6.22. The maximum Gasteiger partial charge on any atom is 0.0207 e.